The smallest absolute Gasteiger partial charge is 0.264 e. The van der Waals surface area contributed by atoms with Crippen LogP contribution in [-0.4, -0.2) is 33.3 Å². The molecule has 3 aromatic rings. The molecule has 29 heavy (non-hydrogen) atoms. The van der Waals surface area contributed by atoms with Gasteiger partial charge < -0.3 is 9.32 Å². The standard InChI is InChI=1S/C21H21ClN2O4S/c1-15-6-9-18(10-7-15)29(26,27)24(3)16-8-11-20(22)19(13-16)21(25)23(2)14-17-5-4-12-28-17/h4-13H,14H2,1-3H3. The van der Waals surface area contributed by atoms with E-state index in [9.17, 15) is 13.2 Å². The molecule has 0 fully saturated rings. The predicted octanol–water partition coefficient (Wildman–Crippen LogP) is 4.34. The molecule has 0 aliphatic heterocycles. The van der Waals surface area contributed by atoms with Gasteiger partial charge in [-0.05, 0) is 49.4 Å². The van der Waals surface area contributed by atoms with Crippen LogP contribution in [0.1, 0.15) is 21.7 Å². The van der Waals surface area contributed by atoms with Crippen LogP contribution in [0.3, 0.4) is 0 Å². The summed E-state index contributed by atoms with van der Waals surface area (Å²) in [5, 5.41) is 0.242. The van der Waals surface area contributed by atoms with E-state index in [0.717, 1.165) is 9.87 Å². The Morgan fingerprint density at radius 3 is 2.38 bits per heavy atom. The summed E-state index contributed by atoms with van der Waals surface area (Å²) < 4.78 is 32.3. The third-order valence-electron chi connectivity index (χ3n) is 4.54. The molecule has 0 atom stereocenters. The Hall–Kier alpha value is -2.77. The van der Waals surface area contributed by atoms with Gasteiger partial charge in [0.1, 0.15) is 5.76 Å². The van der Waals surface area contributed by atoms with Gasteiger partial charge in [-0.3, -0.25) is 9.10 Å². The van der Waals surface area contributed by atoms with Crippen molar-refractivity contribution in [3.8, 4) is 0 Å². The minimum atomic E-state index is -3.78. The maximum Gasteiger partial charge on any atom is 0.264 e. The monoisotopic (exact) mass is 432 g/mol. The second kappa shape index (κ2) is 8.31. The second-order valence-corrected chi connectivity index (χ2v) is 9.07. The summed E-state index contributed by atoms with van der Waals surface area (Å²) in [5.74, 6) is 0.293. The second-order valence-electron chi connectivity index (χ2n) is 6.69. The number of carbonyl (C=O) groups excluding carboxylic acids is 1. The van der Waals surface area contributed by atoms with E-state index in [1.807, 2.05) is 6.92 Å². The van der Waals surface area contributed by atoms with Gasteiger partial charge in [0.2, 0.25) is 0 Å². The molecule has 8 heteroatoms. The summed E-state index contributed by atoms with van der Waals surface area (Å²) in [4.78, 5) is 14.5. The number of hydrogen-bond acceptors (Lipinski definition) is 4. The maximum absolute atomic E-state index is 12.9. The molecule has 152 valence electrons. The van der Waals surface area contributed by atoms with E-state index in [2.05, 4.69) is 0 Å². The summed E-state index contributed by atoms with van der Waals surface area (Å²) >= 11 is 6.23. The molecule has 1 aromatic heterocycles. The lowest BCUT2D eigenvalue weighted by atomic mass is 10.1. The van der Waals surface area contributed by atoms with Crippen LogP contribution in [0.25, 0.3) is 0 Å². The number of carbonyl (C=O) groups is 1. The molecule has 0 unspecified atom stereocenters. The van der Waals surface area contributed by atoms with Crippen molar-refractivity contribution in [1.29, 1.82) is 0 Å². The first-order chi connectivity index (χ1) is 13.7. The summed E-state index contributed by atoms with van der Waals surface area (Å²) in [6, 6.07) is 14.7. The molecule has 0 N–H and O–H groups in total. The number of anilines is 1. The minimum Gasteiger partial charge on any atom is -0.467 e. The van der Waals surface area contributed by atoms with Crippen molar-refractivity contribution < 1.29 is 17.6 Å². The van der Waals surface area contributed by atoms with Crippen LogP contribution in [-0.2, 0) is 16.6 Å². The average molecular weight is 433 g/mol. The van der Waals surface area contributed by atoms with Gasteiger partial charge in [0, 0.05) is 14.1 Å². The summed E-state index contributed by atoms with van der Waals surface area (Å²) in [5.41, 5.74) is 1.51. The van der Waals surface area contributed by atoms with Gasteiger partial charge in [0.15, 0.2) is 0 Å². The lowest BCUT2D eigenvalue weighted by Crippen LogP contribution is -2.28. The molecule has 0 spiro atoms. The Morgan fingerprint density at radius 2 is 1.76 bits per heavy atom. The van der Waals surface area contributed by atoms with Gasteiger partial charge in [-0.2, -0.15) is 0 Å². The number of furan rings is 1. The van der Waals surface area contributed by atoms with Gasteiger partial charge in [-0.15, -0.1) is 0 Å². The zero-order valence-electron chi connectivity index (χ0n) is 16.3. The van der Waals surface area contributed by atoms with Crippen molar-refractivity contribution in [3.63, 3.8) is 0 Å². The summed E-state index contributed by atoms with van der Waals surface area (Å²) in [7, 11) is -0.706. The third-order valence-corrected chi connectivity index (χ3v) is 6.67. The van der Waals surface area contributed by atoms with E-state index >= 15 is 0 Å². The molecular weight excluding hydrogens is 412 g/mol. The lowest BCUT2D eigenvalue weighted by Gasteiger charge is -2.22. The number of benzene rings is 2. The highest BCUT2D eigenvalue weighted by molar-refractivity contribution is 7.92. The molecule has 0 aliphatic rings. The molecule has 6 nitrogen and oxygen atoms in total. The van der Waals surface area contributed by atoms with Crippen LogP contribution >= 0.6 is 11.6 Å². The molecule has 3 rings (SSSR count). The fourth-order valence-corrected chi connectivity index (χ4v) is 4.18. The van der Waals surface area contributed by atoms with Gasteiger partial charge >= 0.3 is 0 Å². The summed E-state index contributed by atoms with van der Waals surface area (Å²) in [6.45, 7) is 2.15. The third kappa shape index (κ3) is 4.46. The minimum absolute atomic E-state index is 0.170. The fourth-order valence-electron chi connectivity index (χ4n) is 2.79. The Morgan fingerprint density at radius 1 is 1.07 bits per heavy atom. The zero-order valence-corrected chi connectivity index (χ0v) is 17.9. The van der Waals surface area contributed by atoms with E-state index < -0.39 is 10.0 Å². The average Bonchev–Trinajstić information content (AvgIpc) is 3.20. The highest BCUT2D eigenvalue weighted by atomic mass is 35.5. The molecule has 2 aromatic carbocycles. The van der Waals surface area contributed by atoms with E-state index in [1.165, 1.54) is 30.3 Å². The first kappa shape index (κ1) is 21.0. The number of hydrogen-bond donors (Lipinski definition) is 0. The van der Waals surface area contributed by atoms with Gasteiger partial charge in [-0.25, -0.2) is 8.42 Å². The lowest BCUT2D eigenvalue weighted by molar-refractivity contribution is 0.0775. The van der Waals surface area contributed by atoms with Crippen molar-refractivity contribution in [2.24, 2.45) is 0 Å². The van der Waals surface area contributed by atoms with Crippen molar-refractivity contribution in [2.45, 2.75) is 18.4 Å². The largest absolute Gasteiger partial charge is 0.467 e. The highest BCUT2D eigenvalue weighted by Gasteiger charge is 2.24. The topological polar surface area (TPSA) is 70.8 Å². The Kier molecular flexibility index (Phi) is 6.00. The Bertz CT molecular complexity index is 1110. The number of nitrogens with zero attached hydrogens (tertiary/aromatic N) is 2. The normalized spacial score (nSPS) is 11.3. The van der Waals surface area contributed by atoms with Gasteiger partial charge in [0.25, 0.3) is 15.9 Å². The quantitative estimate of drug-likeness (QED) is 0.581. The SMILES string of the molecule is Cc1ccc(S(=O)(=O)N(C)c2ccc(Cl)c(C(=O)N(C)Cc3ccco3)c2)cc1. The fraction of sp³-hybridized carbons (Fsp3) is 0.190. The predicted molar refractivity (Wildman–Crippen MR) is 113 cm³/mol. The van der Waals surface area contributed by atoms with Crippen LogP contribution in [0, 0.1) is 6.92 Å². The summed E-state index contributed by atoms with van der Waals surface area (Å²) in [6.07, 6.45) is 1.53. The first-order valence-electron chi connectivity index (χ1n) is 8.83. The molecule has 0 saturated carbocycles. The van der Waals surface area contributed by atoms with Crippen molar-refractivity contribution >= 4 is 33.2 Å². The van der Waals surface area contributed by atoms with E-state index in [1.54, 1.807) is 49.5 Å². The van der Waals surface area contributed by atoms with Crippen molar-refractivity contribution in [3.05, 3.63) is 82.8 Å². The van der Waals surface area contributed by atoms with Crippen LogP contribution < -0.4 is 4.31 Å². The number of sulfonamides is 1. The Balaban J connectivity index is 1.89. The first-order valence-corrected chi connectivity index (χ1v) is 10.6. The molecule has 1 amide bonds. The zero-order chi connectivity index (χ0) is 21.2. The molecule has 0 radical (unpaired) electrons. The highest BCUT2D eigenvalue weighted by Crippen LogP contribution is 2.28. The van der Waals surface area contributed by atoms with Crippen LogP contribution in [0.5, 0.6) is 0 Å². The molecule has 1 heterocycles. The van der Waals surface area contributed by atoms with Gasteiger partial charge in [-0.1, -0.05) is 29.3 Å². The van der Waals surface area contributed by atoms with Crippen molar-refractivity contribution in [1.82, 2.24) is 4.90 Å². The van der Waals surface area contributed by atoms with Crippen molar-refractivity contribution in [2.75, 3.05) is 18.4 Å². The molecule has 0 aliphatic carbocycles. The van der Waals surface area contributed by atoms with Crippen LogP contribution in [0.4, 0.5) is 5.69 Å². The molecular formula is C21H21ClN2O4S. The number of rotatable bonds is 6. The molecule has 0 saturated heterocycles. The van der Waals surface area contributed by atoms with Crippen LogP contribution in [0.2, 0.25) is 5.02 Å². The van der Waals surface area contributed by atoms with E-state index in [0.29, 0.717) is 11.4 Å². The number of halogens is 1. The molecule has 0 bridgehead atoms. The van der Waals surface area contributed by atoms with Gasteiger partial charge in [0.05, 0.1) is 34.0 Å². The van der Waals surface area contributed by atoms with E-state index in [4.69, 9.17) is 16.0 Å². The van der Waals surface area contributed by atoms with Crippen LogP contribution in [0.15, 0.2) is 70.2 Å². The Labute approximate surface area is 175 Å². The number of amides is 1. The van der Waals surface area contributed by atoms with E-state index in [-0.39, 0.29) is 27.9 Å². The maximum atomic E-state index is 12.9. The number of aryl methyl sites for hydroxylation is 1.